The number of para-hydroxylation sites is 1. The number of hydrogen-bond acceptors (Lipinski definition) is 4. The Morgan fingerprint density at radius 1 is 1.04 bits per heavy atom. The maximum Gasteiger partial charge on any atom is 0.274 e. The third kappa shape index (κ3) is 4.35. The van der Waals surface area contributed by atoms with Crippen LogP contribution >= 0.6 is 0 Å². The largest absolute Gasteiger partial charge is 0.367 e. The Morgan fingerprint density at radius 2 is 1.72 bits per heavy atom. The molecule has 0 atom stereocenters. The molecule has 5 heteroatoms. The number of hydrogen-bond donors (Lipinski definition) is 2. The van der Waals surface area contributed by atoms with Crippen LogP contribution in [-0.2, 0) is 0 Å². The van der Waals surface area contributed by atoms with Gasteiger partial charge in [0.25, 0.3) is 5.91 Å². The van der Waals surface area contributed by atoms with Gasteiger partial charge in [0.05, 0.1) is 0 Å². The highest BCUT2D eigenvalue weighted by Gasteiger charge is 2.17. The van der Waals surface area contributed by atoms with E-state index in [2.05, 4.69) is 20.6 Å². The lowest BCUT2D eigenvalue weighted by Gasteiger charge is -2.23. The number of amides is 1. The van der Waals surface area contributed by atoms with Gasteiger partial charge >= 0.3 is 0 Å². The summed E-state index contributed by atoms with van der Waals surface area (Å²) in [6.45, 7) is 5.80. The molecule has 132 valence electrons. The van der Waals surface area contributed by atoms with Gasteiger partial charge in [-0.3, -0.25) is 4.79 Å². The first-order chi connectivity index (χ1) is 12.0. The summed E-state index contributed by atoms with van der Waals surface area (Å²) in [5.74, 6) is 1.15. The topological polar surface area (TPSA) is 66.9 Å². The smallest absolute Gasteiger partial charge is 0.274 e. The van der Waals surface area contributed by atoms with Crippen LogP contribution in [0.25, 0.3) is 0 Å². The predicted molar refractivity (Wildman–Crippen MR) is 101 cm³/mol. The van der Waals surface area contributed by atoms with Gasteiger partial charge in [0.15, 0.2) is 0 Å². The van der Waals surface area contributed by atoms with Crippen LogP contribution in [-0.4, -0.2) is 21.9 Å². The molecule has 2 aromatic rings. The zero-order valence-electron chi connectivity index (χ0n) is 15.2. The molecule has 1 aliphatic rings. The fourth-order valence-electron chi connectivity index (χ4n) is 3.40. The van der Waals surface area contributed by atoms with Gasteiger partial charge in [-0.2, -0.15) is 0 Å². The number of aryl methyl sites for hydroxylation is 3. The summed E-state index contributed by atoms with van der Waals surface area (Å²) in [4.78, 5) is 21.5. The van der Waals surface area contributed by atoms with Crippen molar-refractivity contribution in [1.82, 2.24) is 9.97 Å². The van der Waals surface area contributed by atoms with E-state index in [4.69, 9.17) is 0 Å². The van der Waals surface area contributed by atoms with E-state index >= 15 is 0 Å². The molecule has 1 heterocycles. The molecule has 0 bridgehead atoms. The Morgan fingerprint density at radius 3 is 2.40 bits per heavy atom. The molecule has 2 N–H and O–H groups in total. The van der Waals surface area contributed by atoms with Crippen LogP contribution in [0.15, 0.2) is 24.3 Å². The number of nitrogens with one attached hydrogen (secondary N) is 2. The summed E-state index contributed by atoms with van der Waals surface area (Å²) < 4.78 is 0. The Labute approximate surface area is 149 Å². The molecular formula is C20H26N4O. The van der Waals surface area contributed by atoms with Crippen molar-refractivity contribution in [2.45, 2.75) is 58.9 Å². The minimum atomic E-state index is -0.199. The Balaban J connectivity index is 1.78. The first-order valence-electron chi connectivity index (χ1n) is 9.03. The van der Waals surface area contributed by atoms with Crippen molar-refractivity contribution in [2.24, 2.45) is 0 Å². The van der Waals surface area contributed by atoms with Crippen molar-refractivity contribution in [3.05, 3.63) is 46.9 Å². The molecule has 1 aromatic carbocycles. The van der Waals surface area contributed by atoms with E-state index in [0.29, 0.717) is 17.6 Å². The van der Waals surface area contributed by atoms with Gasteiger partial charge in [-0.05, 0) is 44.7 Å². The lowest BCUT2D eigenvalue weighted by molar-refractivity contribution is 0.102. The Kier molecular flexibility index (Phi) is 5.31. The SMILES string of the molecule is Cc1nc(NC2CCCCC2)cc(C(=O)Nc2c(C)cccc2C)n1. The average molecular weight is 338 g/mol. The fourth-order valence-corrected chi connectivity index (χ4v) is 3.40. The highest BCUT2D eigenvalue weighted by molar-refractivity contribution is 6.04. The first-order valence-corrected chi connectivity index (χ1v) is 9.03. The molecule has 0 unspecified atom stereocenters. The Hall–Kier alpha value is -2.43. The number of rotatable bonds is 4. The van der Waals surface area contributed by atoms with E-state index in [1.807, 2.05) is 39.0 Å². The minimum absolute atomic E-state index is 0.199. The van der Waals surface area contributed by atoms with Crippen LogP contribution in [0, 0.1) is 20.8 Å². The number of nitrogens with zero attached hydrogens (tertiary/aromatic N) is 2. The van der Waals surface area contributed by atoms with Crippen molar-refractivity contribution >= 4 is 17.4 Å². The monoisotopic (exact) mass is 338 g/mol. The minimum Gasteiger partial charge on any atom is -0.367 e. The van der Waals surface area contributed by atoms with E-state index in [1.54, 1.807) is 6.07 Å². The molecule has 0 radical (unpaired) electrons. The summed E-state index contributed by atoms with van der Waals surface area (Å²) in [6.07, 6.45) is 6.13. The predicted octanol–water partition coefficient (Wildman–Crippen LogP) is 4.40. The highest BCUT2D eigenvalue weighted by Crippen LogP contribution is 2.22. The molecule has 1 aliphatic carbocycles. The summed E-state index contributed by atoms with van der Waals surface area (Å²) in [7, 11) is 0. The van der Waals surface area contributed by atoms with E-state index in [-0.39, 0.29) is 5.91 Å². The van der Waals surface area contributed by atoms with E-state index < -0.39 is 0 Å². The van der Waals surface area contributed by atoms with Gasteiger partial charge < -0.3 is 10.6 Å². The molecule has 3 rings (SSSR count). The zero-order chi connectivity index (χ0) is 17.8. The lowest BCUT2D eigenvalue weighted by Crippen LogP contribution is -2.24. The second-order valence-corrected chi connectivity index (χ2v) is 6.89. The van der Waals surface area contributed by atoms with Crippen LogP contribution in [0.1, 0.15) is 59.5 Å². The maximum absolute atomic E-state index is 12.7. The molecule has 1 amide bonds. The van der Waals surface area contributed by atoms with E-state index in [1.165, 1.54) is 19.3 Å². The van der Waals surface area contributed by atoms with Crippen molar-refractivity contribution in [1.29, 1.82) is 0 Å². The normalized spacial score (nSPS) is 15.0. The molecular weight excluding hydrogens is 312 g/mol. The summed E-state index contributed by atoms with van der Waals surface area (Å²) >= 11 is 0. The van der Waals surface area contributed by atoms with Gasteiger partial charge in [0.1, 0.15) is 17.3 Å². The zero-order valence-corrected chi connectivity index (χ0v) is 15.2. The van der Waals surface area contributed by atoms with Gasteiger partial charge in [0, 0.05) is 17.8 Å². The van der Waals surface area contributed by atoms with Crippen LogP contribution < -0.4 is 10.6 Å². The van der Waals surface area contributed by atoms with Crippen molar-refractivity contribution in [3.63, 3.8) is 0 Å². The third-order valence-electron chi connectivity index (χ3n) is 4.75. The second kappa shape index (κ2) is 7.64. The summed E-state index contributed by atoms with van der Waals surface area (Å²) in [5.41, 5.74) is 3.33. The third-order valence-corrected chi connectivity index (χ3v) is 4.75. The summed E-state index contributed by atoms with van der Waals surface area (Å²) in [5, 5.41) is 6.47. The first kappa shape index (κ1) is 17.4. The lowest BCUT2D eigenvalue weighted by atomic mass is 9.95. The average Bonchev–Trinajstić information content (AvgIpc) is 2.58. The number of anilines is 2. The fraction of sp³-hybridized carbons (Fsp3) is 0.450. The van der Waals surface area contributed by atoms with Crippen LogP contribution in [0.4, 0.5) is 11.5 Å². The number of carbonyl (C=O) groups excluding carboxylic acids is 1. The van der Waals surface area contributed by atoms with Crippen molar-refractivity contribution < 1.29 is 4.79 Å². The highest BCUT2D eigenvalue weighted by atomic mass is 16.1. The number of aromatic nitrogens is 2. The van der Waals surface area contributed by atoms with Gasteiger partial charge in [-0.1, -0.05) is 37.5 Å². The second-order valence-electron chi connectivity index (χ2n) is 6.89. The molecule has 5 nitrogen and oxygen atoms in total. The molecule has 0 saturated heterocycles. The molecule has 1 saturated carbocycles. The molecule has 1 aromatic heterocycles. The van der Waals surface area contributed by atoms with Gasteiger partial charge in [-0.15, -0.1) is 0 Å². The van der Waals surface area contributed by atoms with Crippen molar-refractivity contribution in [3.8, 4) is 0 Å². The van der Waals surface area contributed by atoms with Crippen molar-refractivity contribution in [2.75, 3.05) is 10.6 Å². The molecule has 25 heavy (non-hydrogen) atoms. The van der Waals surface area contributed by atoms with E-state index in [9.17, 15) is 4.79 Å². The van der Waals surface area contributed by atoms with Crippen LogP contribution in [0.2, 0.25) is 0 Å². The van der Waals surface area contributed by atoms with Gasteiger partial charge in [-0.25, -0.2) is 9.97 Å². The maximum atomic E-state index is 12.7. The molecule has 1 fully saturated rings. The van der Waals surface area contributed by atoms with Gasteiger partial charge in [0.2, 0.25) is 0 Å². The number of benzene rings is 1. The standard InChI is InChI=1S/C20H26N4O/c1-13-8-7-9-14(2)19(13)24-20(25)17-12-18(22-15(3)21-17)23-16-10-5-4-6-11-16/h7-9,12,16H,4-6,10-11H2,1-3H3,(H,24,25)(H,21,22,23). The summed E-state index contributed by atoms with van der Waals surface area (Å²) in [6, 6.07) is 8.16. The Bertz CT molecular complexity index is 746. The molecule has 0 aliphatic heterocycles. The van der Waals surface area contributed by atoms with Crippen LogP contribution in [0.3, 0.4) is 0 Å². The number of carbonyl (C=O) groups is 1. The van der Waals surface area contributed by atoms with Crippen LogP contribution in [0.5, 0.6) is 0 Å². The quantitative estimate of drug-likeness (QED) is 0.867. The van der Waals surface area contributed by atoms with E-state index in [0.717, 1.165) is 35.5 Å². The molecule has 0 spiro atoms.